The van der Waals surface area contributed by atoms with Crippen LogP contribution in [0.15, 0.2) is 24.3 Å². The molecule has 3 nitrogen and oxygen atoms in total. The van der Waals surface area contributed by atoms with Gasteiger partial charge in [-0.25, -0.2) is 0 Å². The lowest BCUT2D eigenvalue weighted by Gasteiger charge is -2.14. The predicted octanol–water partition coefficient (Wildman–Crippen LogP) is 10.7. The lowest BCUT2D eigenvalue weighted by atomic mass is 10.1. The van der Waals surface area contributed by atoms with E-state index in [2.05, 4.69) is 70.0 Å². The van der Waals surface area contributed by atoms with Gasteiger partial charge in [-0.2, -0.15) is 0 Å². The van der Waals surface area contributed by atoms with E-state index in [0.29, 0.717) is 13.6 Å². The van der Waals surface area contributed by atoms with Crippen LogP contribution in [-0.4, -0.2) is 36.5 Å². The summed E-state index contributed by atoms with van der Waals surface area (Å²) in [4.78, 5) is 0. The summed E-state index contributed by atoms with van der Waals surface area (Å²) in [6.45, 7) is 4.85. The smallest absolute Gasteiger partial charge is 0.149 e. The van der Waals surface area contributed by atoms with Crippen LogP contribution in [0.25, 0.3) is 0 Å². The molecule has 2 unspecified atom stereocenters. The van der Waals surface area contributed by atoms with E-state index in [1.165, 1.54) is 89.9 Å². The van der Waals surface area contributed by atoms with Crippen molar-refractivity contribution in [3.63, 3.8) is 0 Å². The van der Waals surface area contributed by atoms with Crippen LogP contribution < -0.4 is 0 Å². The Morgan fingerprint density at radius 1 is 0.486 bits per heavy atom. The second-order valence-electron chi connectivity index (χ2n) is 9.69. The fourth-order valence-corrected chi connectivity index (χ4v) is 4.58. The normalized spacial score (nSPS) is 13.8. The lowest BCUT2D eigenvalue weighted by Crippen LogP contribution is -2.15. The molecule has 0 aliphatic heterocycles. The molecule has 0 aromatic carbocycles. The van der Waals surface area contributed by atoms with Crippen LogP contribution >= 0.6 is 31.9 Å². The van der Waals surface area contributed by atoms with Crippen molar-refractivity contribution in [3.8, 4) is 0 Å². The molecule has 0 rings (SSSR count). The first kappa shape index (κ1) is 35.3. The van der Waals surface area contributed by atoms with Gasteiger partial charge in [0.25, 0.3) is 0 Å². The number of alkyl halides is 2. The number of halogens is 2. The van der Waals surface area contributed by atoms with Gasteiger partial charge in [-0.1, -0.05) is 108 Å². The monoisotopic (exact) mass is 622 g/mol. The van der Waals surface area contributed by atoms with Crippen LogP contribution in [0.3, 0.4) is 0 Å². The molecule has 0 aliphatic carbocycles. The van der Waals surface area contributed by atoms with Gasteiger partial charge in [0, 0.05) is 10.7 Å². The van der Waals surface area contributed by atoms with Crippen LogP contribution in [0.5, 0.6) is 0 Å². The molecule has 0 fully saturated rings. The highest BCUT2D eigenvalue weighted by Crippen LogP contribution is 2.11. The van der Waals surface area contributed by atoms with E-state index in [1.54, 1.807) is 0 Å². The van der Waals surface area contributed by atoms with E-state index in [-0.39, 0.29) is 12.2 Å². The van der Waals surface area contributed by atoms with E-state index in [0.717, 1.165) is 36.3 Å². The first-order chi connectivity index (χ1) is 17.2. The second kappa shape index (κ2) is 30.5. The third-order valence-electron chi connectivity index (χ3n) is 6.19. The number of ether oxygens (including phenoxy) is 3. The van der Waals surface area contributed by atoms with Crippen molar-refractivity contribution in [2.24, 2.45) is 0 Å². The number of allylic oxidation sites excluding steroid dienone is 4. The zero-order chi connectivity index (χ0) is 25.7. The molecule has 0 radical (unpaired) electrons. The molecule has 0 heterocycles. The highest BCUT2D eigenvalue weighted by atomic mass is 79.9. The molecular formula is C30H56Br2O3. The Bertz CT molecular complexity index is 417. The fourth-order valence-electron chi connectivity index (χ4n) is 3.79. The van der Waals surface area contributed by atoms with Crippen molar-refractivity contribution in [3.05, 3.63) is 24.3 Å². The summed E-state index contributed by atoms with van der Waals surface area (Å²) >= 11 is 6.98. The van der Waals surface area contributed by atoms with Crippen LogP contribution in [0.4, 0.5) is 0 Å². The highest BCUT2D eigenvalue weighted by Gasteiger charge is 2.03. The van der Waals surface area contributed by atoms with Gasteiger partial charge in [0.15, 0.2) is 0 Å². The Labute approximate surface area is 235 Å². The standard InChI is InChI=1S/C30H56Br2O3/c1-29(23-19-15-11-7-3-5-9-13-17-21-25-31)34-27-33-28-35-30(2)24-20-16-12-8-4-6-10-14-18-22-26-32/h11-12,15-16,29-30H,3-10,13-14,17-28H2,1-2H3. The van der Waals surface area contributed by atoms with Crippen molar-refractivity contribution in [2.45, 2.75) is 142 Å². The van der Waals surface area contributed by atoms with Crippen LogP contribution in [-0.2, 0) is 14.2 Å². The van der Waals surface area contributed by atoms with E-state index in [9.17, 15) is 0 Å². The van der Waals surface area contributed by atoms with Crippen molar-refractivity contribution in [1.82, 2.24) is 0 Å². The van der Waals surface area contributed by atoms with Gasteiger partial charge < -0.3 is 14.2 Å². The highest BCUT2D eigenvalue weighted by molar-refractivity contribution is 9.09. The number of hydrogen-bond donors (Lipinski definition) is 0. The molecule has 0 aromatic heterocycles. The van der Waals surface area contributed by atoms with Gasteiger partial charge in [-0.3, -0.25) is 0 Å². The summed E-state index contributed by atoms with van der Waals surface area (Å²) in [5, 5.41) is 2.29. The maximum absolute atomic E-state index is 5.74. The largest absolute Gasteiger partial charge is 0.352 e. The van der Waals surface area contributed by atoms with Crippen molar-refractivity contribution >= 4 is 31.9 Å². The Balaban J connectivity index is 3.38. The molecule has 2 atom stereocenters. The van der Waals surface area contributed by atoms with Crippen LogP contribution in [0.2, 0.25) is 0 Å². The van der Waals surface area contributed by atoms with E-state index < -0.39 is 0 Å². The average Bonchev–Trinajstić information content (AvgIpc) is 2.85. The molecule has 0 saturated carbocycles. The maximum Gasteiger partial charge on any atom is 0.149 e. The molecule has 0 bridgehead atoms. The summed E-state index contributed by atoms with van der Waals surface area (Å²) in [6, 6.07) is 0. The lowest BCUT2D eigenvalue weighted by molar-refractivity contribution is -0.160. The molecule has 0 spiro atoms. The first-order valence-corrected chi connectivity index (χ1v) is 16.7. The minimum Gasteiger partial charge on any atom is -0.352 e. The van der Waals surface area contributed by atoms with Gasteiger partial charge >= 0.3 is 0 Å². The van der Waals surface area contributed by atoms with Crippen LogP contribution in [0.1, 0.15) is 129 Å². The van der Waals surface area contributed by atoms with Gasteiger partial charge in [0.1, 0.15) is 13.6 Å². The summed E-state index contributed by atoms with van der Waals surface area (Å²) in [5.74, 6) is 0. The number of hydrogen-bond acceptors (Lipinski definition) is 3. The Morgan fingerprint density at radius 2 is 0.829 bits per heavy atom. The summed E-state index contributed by atoms with van der Waals surface area (Å²) in [7, 11) is 0. The Hall–Kier alpha value is 0.320. The number of rotatable bonds is 28. The Morgan fingerprint density at radius 3 is 1.23 bits per heavy atom. The zero-order valence-corrected chi connectivity index (χ0v) is 26.2. The topological polar surface area (TPSA) is 27.7 Å². The molecule has 0 saturated heterocycles. The third kappa shape index (κ3) is 30.4. The second-order valence-corrected chi connectivity index (χ2v) is 11.3. The van der Waals surface area contributed by atoms with Crippen molar-refractivity contribution in [1.29, 1.82) is 0 Å². The van der Waals surface area contributed by atoms with Gasteiger partial charge in [0.05, 0.1) is 12.2 Å². The Kier molecular flexibility index (Phi) is 30.8. The molecule has 0 N–H and O–H groups in total. The maximum atomic E-state index is 5.74. The quantitative estimate of drug-likeness (QED) is 0.0375. The van der Waals surface area contributed by atoms with E-state index in [4.69, 9.17) is 14.2 Å². The minimum atomic E-state index is 0.214. The molecule has 5 heteroatoms. The summed E-state index contributed by atoms with van der Waals surface area (Å²) < 4.78 is 17.0. The molecule has 0 aliphatic rings. The van der Waals surface area contributed by atoms with Crippen molar-refractivity contribution in [2.75, 3.05) is 24.2 Å². The molecule has 0 amide bonds. The SMILES string of the molecule is CC(CCC=CCCCCCCCCBr)OCOCOC(C)CCC=CCCCCCCCCBr. The summed E-state index contributed by atoms with van der Waals surface area (Å²) in [5.41, 5.74) is 0. The molecular weight excluding hydrogens is 568 g/mol. The third-order valence-corrected chi connectivity index (χ3v) is 7.32. The molecule has 35 heavy (non-hydrogen) atoms. The average molecular weight is 625 g/mol. The predicted molar refractivity (Wildman–Crippen MR) is 161 cm³/mol. The van der Waals surface area contributed by atoms with Crippen LogP contribution in [0, 0.1) is 0 Å². The van der Waals surface area contributed by atoms with Crippen molar-refractivity contribution < 1.29 is 14.2 Å². The summed E-state index contributed by atoms with van der Waals surface area (Å²) in [6.07, 6.45) is 32.6. The van der Waals surface area contributed by atoms with E-state index in [1.807, 2.05) is 0 Å². The van der Waals surface area contributed by atoms with E-state index >= 15 is 0 Å². The molecule has 0 aromatic rings. The van der Waals surface area contributed by atoms with Gasteiger partial charge in [-0.05, 0) is 78.1 Å². The number of unbranched alkanes of at least 4 members (excludes halogenated alkanes) is 12. The zero-order valence-electron chi connectivity index (χ0n) is 23.0. The van der Waals surface area contributed by atoms with Gasteiger partial charge in [0.2, 0.25) is 0 Å². The minimum absolute atomic E-state index is 0.214. The fraction of sp³-hybridized carbons (Fsp3) is 0.867. The van der Waals surface area contributed by atoms with Gasteiger partial charge in [-0.15, -0.1) is 0 Å². The first-order valence-electron chi connectivity index (χ1n) is 14.4. The molecule has 208 valence electrons.